The van der Waals surface area contributed by atoms with E-state index in [2.05, 4.69) is 5.32 Å². The Morgan fingerprint density at radius 2 is 1.96 bits per heavy atom. The van der Waals surface area contributed by atoms with E-state index in [0.717, 1.165) is 31.7 Å². The molecule has 0 aliphatic heterocycles. The molecule has 0 atom stereocenters. The molecular formula is C20H25ClFNO3. The van der Waals surface area contributed by atoms with Crippen LogP contribution < -0.4 is 14.8 Å². The van der Waals surface area contributed by atoms with Gasteiger partial charge < -0.3 is 19.5 Å². The second kappa shape index (κ2) is 11.0. The molecule has 0 saturated carbocycles. The van der Waals surface area contributed by atoms with Gasteiger partial charge in [-0.15, -0.1) is 0 Å². The largest absolute Gasteiger partial charge is 0.493 e. The number of benzene rings is 2. The van der Waals surface area contributed by atoms with Crippen LogP contribution in [0.25, 0.3) is 0 Å². The Kier molecular flexibility index (Phi) is 8.68. The smallest absolute Gasteiger partial charge is 0.166 e. The number of hydrogen-bond acceptors (Lipinski definition) is 4. The average molecular weight is 382 g/mol. The Hall–Kier alpha value is -1.82. The Morgan fingerprint density at radius 3 is 2.69 bits per heavy atom. The van der Waals surface area contributed by atoms with Crippen LogP contribution in [-0.2, 0) is 17.9 Å². The van der Waals surface area contributed by atoms with Crippen molar-refractivity contribution in [1.29, 1.82) is 0 Å². The van der Waals surface area contributed by atoms with Crippen molar-refractivity contribution in [3.8, 4) is 11.5 Å². The minimum atomic E-state index is -0.386. The number of halogens is 2. The Balaban J connectivity index is 2.03. The summed E-state index contributed by atoms with van der Waals surface area (Å²) in [4.78, 5) is 0. The maximum Gasteiger partial charge on any atom is 0.166 e. The lowest BCUT2D eigenvalue weighted by Gasteiger charge is -2.16. The number of hydrogen-bond donors (Lipinski definition) is 1. The van der Waals surface area contributed by atoms with Gasteiger partial charge in [0.25, 0.3) is 0 Å². The molecule has 0 aliphatic carbocycles. The van der Waals surface area contributed by atoms with Crippen LogP contribution in [0.1, 0.15) is 24.5 Å². The Bertz CT molecular complexity index is 677. The van der Waals surface area contributed by atoms with Crippen molar-refractivity contribution >= 4 is 11.6 Å². The Morgan fingerprint density at radius 1 is 1.15 bits per heavy atom. The van der Waals surface area contributed by atoms with Gasteiger partial charge in [0.15, 0.2) is 11.5 Å². The van der Waals surface area contributed by atoms with E-state index in [0.29, 0.717) is 28.6 Å². The fourth-order valence-electron chi connectivity index (χ4n) is 2.51. The normalized spacial score (nSPS) is 10.8. The topological polar surface area (TPSA) is 39.7 Å². The van der Waals surface area contributed by atoms with E-state index in [4.69, 9.17) is 25.8 Å². The van der Waals surface area contributed by atoms with Crippen LogP contribution in [0.15, 0.2) is 36.4 Å². The zero-order chi connectivity index (χ0) is 18.8. The molecule has 0 aromatic heterocycles. The summed E-state index contributed by atoms with van der Waals surface area (Å²) in [6.45, 7) is 4.92. The summed E-state index contributed by atoms with van der Waals surface area (Å²) >= 11 is 6.08. The second-order valence-electron chi connectivity index (χ2n) is 5.66. The number of rotatable bonds is 11. The van der Waals surface area contributed by atoms with Crippen LogP contribution in [0, 0.1) is 5.82 Å². The summed E-state index contributed by atoms with van der Waals surface area (Å²) in [5.41, 5.74) is 1.27. The van der Waals surface area contributed by atoms with Crippen molar-refractivity contribution in [3.63, 3.8) is 0 Å². The van der Waals surface area contributed by atoms with Crippen molar-refractivity contribution in [2.24, 2.45) is 0 Å². The van der Waals surface area contributed by atoms with E-state index in [9.17, 15) is 4.39 Å². The number of ether oxygens (including phenoxy) is 3. The van der Waals surface area contributed by atoms with Crippen LogP contribution in [0.3, 0.4) is 0 Å². The molecule has 0 aliphatic rings. The van der Waals surface area contributed by atoms with E-state index in [1.54, 1.807) is 19.2 Å². The molecule has 142 valence electrons. The highest BCUT2D eigenvalue weighted by atomic mass is 35.5. The molecule has 2 aromatic carbocycles. The monoisotopic (exact) mass is 381 g/mol. The first kappa shape index (κ1) is 20.5. The third kappa shape index (κ3) is 5.87. The van der Waals surface area contributed by atoms with Crippen molar-refractivity contribution in [2.75, 3.05) is 26.9 Å². The summed E-state index contributed by atoms with van der Waals surface area (Å²) in [5.74, 6) is 0.806. The molecular weight excluding hydrogens is 357 g/mol. The number of methoxy groups -OCH3 is 1. The lowest BCUT2D eigenvalue weighted by Crippen LogP contribution is -2.17. The molecule has 0 spiro atoms. The zero-order valence-corrected chi connectivity index (χ0v) is 15.9. The second-order valence-corrected chi connectivity index (χ2v) is 6.07. The van der Waals surface area contributed by atoms with Crippen LogP contribution in [0.2, 0.25) is 5.02 Å². The van der Waals surface area contributed by atoms with E-state index in [1.165, 1.54) is 6.07 Å². The first-order valence-electron chi connectivity index (χ1n) is 8.67. The fourth-order valence-corrected chi connectivity index (χ4v) is 2.72. The first-order chi connectivity index (χ1) is 12.7. The first-order valence-corrected chi connectivity index (χ1v) is 9.05. The SMILES string of the molecule is CCOCCCNCc1cccc(OC)c1OCc1c(F)cccc1Cl. The summed E-state index contributed by atoms with van der Waals surface area (Å²) in [6.07, 6.45) is 0.929. The van der Waals surface area contributed by atoms with Crippen molar-refractivity contribution < 1.29 is 18.6 Å². The highest BCUT2D eigenvalue weighted by molar-refractivity contribution is 6.31. The summed E-state index contributed by atoms with van der Waals surface area (Å²) in [7, 11) is 1.58. The lowest BCUT2D eigenvalue weighted by atomic mass is 10.1. The molecule has 4 nitrogen and oxygen atoms in total. The molecule has 0 bridgehead atoms. The highest BCUT2D eigenvalue weighted by Crippen LogP contribution is 2.32. The van der Waals surface area contributed by atoms with Gasteiger partial charge in [0.1, 0.15) is 12.4 Å². The minimum absolute atomic E-state index is 0.0310. The van der Waals surface area contributed by atoms with Crippen molar-refractivity contribution in [2.45, 2.75) is 26.5 Å². The molecule has 6 heteroatoms. The third-order valence-corrected chi connectivity index (χ3v) is 4.22. The van der Waals surface area contributed by atoms with Gasteiger partial charge in [0, 0.05) is 30.9 Å². The molecule has 26 heavy (non-hydrogen) atoms. The molecule has 0 fully saturated rings. The molecule has 0 heterocycles. The summed E-state index contributed by atoms with van der Waals surface area (Å²) in [5, 5.41) is 3.70. The van der Waals surface area contributed by atoms with Gasteiger partial charge in [-0.3, -0.25) is 0 Å². The van der Waals surface area contributed by atoms with Gasteiger partial charge in [0.2, 0.25) is 0 Å². The van der Waals surface area contributed by atoms with Crippen LogP contribution in [-0.4, -0.2) is 26.9 Å². The maximum atomic E-state index is 14.0. The fraction of sp³-hybridized carbons (Fsp3) is 0.400. The molecule has 2 aromatic rings. The van der Waals surface area contributed by atoms with E-state index < -0.39 is 0 Å². The van der Waals surface area contributed by atoms with Crippen LogP contribution >= 0.6 is 11.6 Å². The Labute approximate surface area is 159 Å². The molecule has 2 rings (SSSR count). The van der Waals surface area contributed by atoms with Crippen LogP contribution in [0.5, 0.6) is 11.5 Å². The summed E-state index contributed by atoms with van der Waals surface area (Å²) in [6, 6.07) is 10.3. The lowest BCUT2D eigenvalue weighted by molar-refractivity contribution is 0.144. The van der Waals surface area contributed by atoms with E-state index in [-0.39, 0.29) is 12.4 Å². The summed E-state index contributed by atoms with van der Waals surface area (Å²) < 4.78 is 30.6. The zero-order valence-electron chi connectivity index (χ0n) is 15.2. The van der Waals surface area contributed by atoms with Gasteiger partial charge in [-0.05, 0) is 38.1 Å². The maximum absolute atomic E-state index is 14.0. The highest BCUT2D eigenvalue weighted by Gasteiger charge is 2.13. The third-order valence-electron chi connectivity index (χ3n) is 3.86. The van der Waals surface area contributed by atoms with E-state index >= 15 is 0 Å². The van der Waals surface area contributed by atoms with Gasteiger partial charge in [-0.25, -0.2) is 4.39 Å². The standard InChI is InChI=1S/C20H25ClFNO3/c1-3-25-12-6-11-23-13-15-7-4-10-19(24-2)20(15)26-14-16-17(21)8-5-9-18(16)22/h4-5,7-10,23H,3,6,11-14H2,1-2H3. The molecule has 1 N–H and O–H groups in total. The van der Waals surface area contributed by atoms with E-state index in [1.807, 2.05) is 25.1 Å². The van der Waals surface area contributed by atoms with Gasteiger partial charge in [-0.2, -0.15) is 0 Å². The minimum Gasteiger partial charge on any atom is -0.493 e. The van der Waals surface area contributed by atoms with Gasteiger partial charge >= 0.3 is 0 Å². The molecule has 0 unspecified atom stereocenters. The molecule has 0 saturated heterocycles. The number of para-hydroxylation sites is 1. The van der Waals surface area contributed by atoms with Gasteiger partial charge in [0.05, 0.1) is 12.1 Å². The van der Waals surface area contributed by atoms with Gasteiger partial charge in [-0.1, -0.05) is 29.8 Å². The van der Waals surface area contributed by atoms with Crippen LogP contribution in [0.4, 0.5) is 4.39 Å². The predicted octanol–water partition coefficient (Wildman–Crippen LogP) is 4.58. The average Bonchev–Trinajstić information content (AvgIpc) is 2.64. The van der Waals surface area contributed by atoms with Crippen molar-refractivity contribution in [3.05, 3.63) is 58.4 Å². The van der Waals surface area contributed by atoms with Crippen molar-refractivity contribution in [1.82, 2.24) is 5.32 Å². The quantitative estimate of drug-likeness (QED) is 0.578. The molecule has 0 amide bonds. The molecule has 0 radical (unpaired) electrons. The number of nitrogens with one attached hydrogen (secondary N) is 1. The predicted molar refractivity (Wildman–Crippen MR) is 102 cm³/mol.